The topological polar surface area (TPSA) is 51.2 Å². The number of hydrogen-bond donors (Lipinski definition) is 1. The Morgan fingerprint density at radius 1 is 1.23 bits per heavy atom. The summed E-state index contributed by atoms with van der Waals surface area (Å²) < 4.78 is 5.68. The molecule has 116 valence electrons. The Labute approximate surface area is 131 Å². The van der Waals surface area contributed by atoms with E-state index in [2.05, 4.69) is 24.1 Å². The molecule has 1 N–H and O–H groups in total. The highest BCUT2D eigenvalue weighted by Gasteiger charge is 2.11. The molecular weight excluding hydrogens is 276 g/mol. The van der Waals surface area contributed by atoms with Gasteiger partial charge in [0.25, 0.3) is 5.91 Å². The average molecular weight is 298 g/mol. The fraction of sp³-hybridized carbons (Fsp3) is 0.333. The third kappa shape index (κ3) is 4.32. The molecule has 4 nitrogen and oxygen atoms in total. The van der Waals surface area contributed by atoms with Crippen molar-refractivity contribution >= 4 is 11.7 Å². The fourth-order valence-corrected chi connectivity index (χ4v) is 2.17. The summed E-state index contributed by atoms with van der Waals surface area (Å²) in [4.78, 5) is 16.2. The van der Waals surface area contributed by atoms with E-state index in [1.165, 1.54) is 0 Å². The van der Waals surface area contributed by atoms with Crippen molar-refractivity contribution in [2.45, 2.75) is 33.1 Å². The summed E-state index contributed by atoms with van der Waals surface area (Å²) in [6.45, 7) is 6.15. The lowest BCUT2D eigenvalue weighted by molar-refractivity contribution is -0.118. The molecule has 1 unspecified atom stereocenters. The van der Waals surface area contributed by atoms with E-state index in [0.29, 0.717) is 11.7 Å². The van der Waals surface area contributed by atoms with Crippen molar-refractivity contribution in [2.24, 2.45) is 0 Å². The Hall–Kier alpha value is -2.36. The van der Waals surface area contributed by atoms with Crippen molar-refractivity contribution in [1.82, 2.24) is 4.98 Å². The van der Waals surface area contributed by atoms with Gasteiger partial charge >= 0.3 is 0 Å². The number of carbonyl (C=O) groups excluding carboxylic acids is 1. The number of hydrogen-bond acceptors (Lipinski definition) is 3. The van der Waals surface area contributed by atoms with Crippen LogP contribution in [-0.4, -0.2) is 17.5 Å². The summed E-state index contributed by atoms with van der Waals surface area (Å²) in [6.07, 6.45) is 1.03. The first-order valence-corrected chi connectivity index (χ1v) is 7.55. The Balaban J connectivity index is 1.97. The van der Waals surface area contributed by atoms with Gasteiger partial charge in [-0.05, 0) is 43.0 Å². The van der Waals surface area contributed by atoms with Crippen LogP contribution >= 0.6 is 0 Å². The van der Waals surface area contributed by atoms with Crippen LogP contribution in [-0.2, 0) is 4.79 Å². The zero-order valence-corrected chi connectivity index (χ0v) is 13.3. The van der Waals surface area contributed by atoms with Crippen LogP contribution in [0.4, 0.5) is 5.82 Å². The monoisotopic (exact) mass is 298 g/mol. The average Bonchev–Trinajstić information content (AvgIpc) is 2.52. The van der Waals surface area contributed by atoms with E-state index in [9.17, 15) is 4.79 Å². The number of nitrogens with one attached hydrogen (secondary N) is 1. The number of benzene rings is 1. The van der Waals surface area contributed by atoms with Crippen molar-refractivity contribution in [3.8, 4) is 5.75 Å². The van der Waals surface area contributed by atoms with Crippen molar-refractivity contribution in [2.75, 3.05) is 11.9 Å². The highest BCUT2D eigenvalue weighted by atomic mass is 16.5. The lowest BCUT2D eigenvalue weighted by Gasteiger charge is -2.15. The molecule has 0 aliphatic heterocycles. The zero-order valence-electron chi connectivity index (χ0n) is 13.3. The van der Waals surface area contributed by atoms with Gasteiger partial charge in [-0.1, -0.05) is 38.1 Å². The number of rotatable bonds is 6. The van der Waals surface area contributed by atoms with E-state index in [-0.39, 0.29) is 12.5 Å². The van der Waals surface area contributed by atoms with Crippen LogP contribution in [0.5, 0.6) is 5.75 Å². The SMILES string of the molecule is CCC(C)c1ccccc1OCC(=O)Nc1cccc(C)n1. The summed E-state index contributed by atoms with van der Waals surface area (Å²) in [5, 5.41) is 2.74. The van der Waals surface area contributed by atoms with Gasteiger partial charge in [0, 0.05) is 5.69 Å². The summed E-state index contributed by atoms with van der Waals surface area (Å²) in [7, 11) is 0. The molecule has 0 radical (unpaired) electrons. The first kappa shape index (κ1) is 16.0. The third-order valence-corrected chi connectivity index (χ3v) is 3.58. The molecular formula is C18H22N2O2. The summed E-state index contributed by atoms with van der Waals surface area (Å²) in [6, 6.07) is 13.4. The van der Waals surface area contributed by atoms with Gasteiger partial charge in [-0.3, -0.25) is 4.79 Å². The number of para-hydroxylation sites is 1. The summed E-state index contributed by atoms with van der Waals surface area (Å²) in [5.41, 5.74) is 1.99. The standard InChI is InChI=1S/C18H22N2O2/c1-4-13(2)15-9-5-6-10-16(15)22-12-18(21)20-17-11-7-8-14(3)19-17/h5-11,13H,4,12H2,1-3H3,(H,19,20,21). The fourth-order valence-electron chi connectivity index (χ4n) is 2.17. The second-order valence-electron chi connectivity index (χ2n) is 5.35. The van der Waals surface area contributed by atoms with Crippen molar-refractivity contribution in [3.05, 3.63) is 53.7 Å². The molecule has 0 fully saturated rings. The summed E-state index contributed by atoms with van der Waals surface area (Å²) in [5.74, 6) is 1.50. The molecule has 1 aromatic heterocycles. The molecule has 0 saturated carbocycles. The molecule has 0 aliphatic carbocycles. The van der Waals surface area contributed by atoms with E-state index >= 15 is 0 Å². The largest absolute Gasteiger partial charge is 0.483 e. The van der Waals surface area contributed by atoms with Gasteiger partial charge < -0.3 is 10.1 Å². The molecule has 1 atom stereocenters. The maximum Gasteiger partial charge on any atom is 0.263 e. The Morgan fingerprint density at radius 3 is 2.73 bits per heavy atom. The van der Waals surface area contributed by atoms with Gasteiger partial charge in [0.2, 0.25) is 0 Å². The lowest BCUT2D eigenvalue weighted by atomic mass is 9.98. The van der Waals surface area contributed by atoms with Gasteiger partial charge in [0.05, 0.1) is 0 Å². The number of pyridine rings is 1. The molecule has 2 aromatic rings. The highest BCUT2D eigenvalue weighted by Crippen LogP contribution is 2.28. The second kappa shape index (κ2) is 7.59. The Kier molecular flexibility index (Phi) is 5.53. The minimum absolute atomic E-state index is 0.0247. The maximum atomic E-state index is 12.0. The minimum atomic E-state index is -0.211. The lowest BCUT2D eigenvalue weighted by Crippen LogP contribution is -2.21. The van der Waals surface area contributed by atoms with E-state index in [1.807, 2.05) is 43.3 Å². The smallest absolute Gasteiger partial charge is 0.263 e. The predicted molar refractivity (Wildman–Crippen MR) is 88.2 cm³/mol. The molecule has 4 heteroatoms. The number of aryl methyl sites for hydroxylation is 1. The molecule has 0 spiro atoms. The molecule has 0 aliphatic rings. The van der Waals surface area contributed by atoms with E-state index in [1.54, 1.807) is 6.07 Å². The summed E-state index contributed by atoms with van der Waals surface area (Å²) >= 11 is 0. The number of aromatic nitrogens is 1. The maximum absolute atomic E-state index is 12.0. The predicted octanol–water partition coefficient (Wildman–Crippen LogP) is 3.92. The molecule has 22 heavy (non-hydrogen) atoms. The number of amides is 1. The van der Waals surface area contributed by atoms with Crippen LogP contribution in [0, 0.1) is 6.92 Å². The molecule has 0 bridgehead atoms. The van der Waals surface area contributed by atoms with Crippen LogP contribution in [0.25, 0.3) is 0 Å². The molecule has 2 rings (SSSR count). The first-order valence-electron chi connectivity index (χ1n) is 7.55. The number of carbonyl (C=O) groups is 1. The normalized spacial score (nSPS) is 11.8. The molecule has 1 amide bonds. The van der Waals surface area contributed by atoms with Crippen molar-refractivity contribution < 1.29 is 9.53 Å². The first-order chi connectivity index (χ1) is 10.6. The quantitative estimate of drug-likeness (QED) is 0.879. The molecule has 1 aromatic carbocycles. The van der Waals surface area contributed by atoms with Crippen LogP contribution in [0.2, 0.25) is 0 Å². The van der Waals surface area contributed by atoms with E-state index < -0.39 is 0 Å². The minimum Gasteiger partial charge on any atom is -0.483 e. The van der Waals surface area contributed by atoms with Crippen LogP contribution in [0.15, 0.2) is 42.5 Å². The zero-order chi connectivity index (χ0) is 15.9. The van der Waals surface area contributed by atoms with Crippen LogP contribution < -0.4 is 10.1 Å². The van der Waals surface area contributed by atoms with Gasteiger partial charge in [-0.15, -0.1) is 0 Å². The number of anilines is 1. The second-order valence-corrected chi connectivity index (χ2v) is 5.35. The molecule has 0 saturated heterocycles. The van der Waals surface area contributed by atoms with E-state index in [4.69, 9.17) is 4.74 Å². The van der Waals surface area contributed by atoms with Crippen molar-refractivity contribution in [3.63, 3.8) is 0 Å². The van der Waals surface area contributed by atoms with Crippen LogP contribution in [0.3, 0.4) is 0 Å². The van der Waals surface area contributed by atoms with Crippen molar-refractivity contribution in [1.29, 1.82) is 0 Å². The Bertz CT molecular complexity index is 640. The molecule has 1 heterocycles. The number of ether oxygens (including phenoxy) is 1. The third-order valence-electron chi connectivity index (χ3n) is 3.58. The number of nitrogens with zero attached hydrogens (tertiary/aromatic N) is 1. The van der Waals surface area contributed by atoms with Gasteiger partial charge in [-0.2, -0.15) is 0 Å². The van der Waals surface area contributed by atoms with Gasteiger partial charge in [0.1, 0.15) is 11.6 Å². The van der Waals surface area contributed by atoms with Gasteiger partial charge in [-0.25, -0.2) is 4.98 Å². The van der Waals surface area contributed by atoms with E-state index in [0.717, 1.165) is 23.4 Å². The van der Waals surface area contributed by atoms with Crippen LogP contribution in [0.1, 0.15) is 37.4 Å². The van der Waals surface area contributed by atoms with Gasteiger partial charge in [0.15, 0.2) is 6.61 Å². The highest BCUT2D eigenvalue weighted by molar-refractivity contribution is 5.90. The Morgan fingerprint density at radius 2 is 2.00 bits per heavy atom.